The molecule has 136 valence electrons. The van der Waals surface area contributed by atoms with E-state index in [2.05, 4.69) is 57.7 Å². The standard InChI is InChI=1S/C23H23N3O/c27-23-20-13-19-3-1-2-18(22(19)24-15-20)12-16-8-10-26(11-9-16)21-6-4-17(5-7-21)14-25-23/h1-7,13,15-16H,8-12,14H2,(H,25,27). The molecule has 4 nitrogen and oxygen atoms in total. The Hall–Kier alpha value is -2.88. The number of nitrogens with one attached hydrogen (secondary N) is 1. The Morgan fingerprint density at radius 3 is 2.67 bits per heavy atom. The maximum atomic E-state index is 12.6. The summed E-state index contributed by atoms with van der Waals surface area (Å²) in [6.45, 7) is 2.73. The Bertz CT molecular complexity index is 988. The van der Waals surface area contributed by atoms with Gasteiger partial charge in [0.15, 0.2) is 0 Å². The number of carbonyl (C=O) groups excluding carboxylic acids is 1. The van der Waals surface area contributed by atoms with Gasteiger partial charge in [0.1, 0.15) is 0 Å². The van der Waals surface area contributed by atoms with Crippen LogP contribution in [-0.2, 0) is 13.0 Å². The van der Waals surface area contributed by atoms with Gasteiger partial charge in [-0.25, -0.2) is 0 Å². The van der Waals surface area contributed by atoms with Gasteiger partial charge in [-0.3, -0.25) is 9.78 Å². The van der Waals surface area contributed by atoms with Crippen LogP contribution in [0.3, 0.4) is 0 Å². The number of nitrogens with zero attached hydrogens (tertiary/aromatic N) is 2. The minimum atomic E-state index is -0.0768. The predicted octanol–water partition coefficient (Wildman–Crippen LogP) is 3.94. The fourth-order valence-electron chi connectivity index (χ4n) is 4.33. The summed E-state index contributed by atoms with van der Waals surface area (Å²) in [7, 11) is 0. The third-order valence-corrected chi connectivity index (χ3v) is 5.93. The Morgan fingerprint density at radius 2 is 1.85 bits per heavy atom. The number of para-hydroxylation sites is 1. The van der Waals surface area contributed by atoms with Crippen LogP contribution in [-0.4, -0.2) is 24.0 Å². The van der Waals surface area contributed by atoms with E-state index in [1.165, 1.54) is 24.1 Å². The van der Waals surface area contributed by atoms with E-state index in [9.17, 15) is 4.79 Å². The molecule has 2 aromatic carbocycles. The van der Waals surface area contributed by atoms with Crippen molar-refractivity contribution < 1.29 is 4.79 Å². The summed E-state index contributed by atoms with van der Waals surface area (Å²) < 4.78 is 0. The number of rotatable bonds is 0. The van der Waals surface area contributed by atoms with Crippen LogP contribution in [0.5, 0.6) is 0 Å². The van der Waals surface area contributed by atoms with Crippen molar-refractivity contribution in [1.82, 2.24) is 10.3 Å². The highest BCUT2D eigenvalue weighted by Gasteiger charge is 2.21. The topological polar surface area (TPSA) is 45.2 Å². The van der Waals surface area contributed by atoms with Crippen molar-refractivity contribution >= 4 is 22.5 Å². The Labute approximate surface area is 159 Å². The summed E-state index contributed by atoms with van der Waals surface area (Å²) in [6, 6.07) is 16.9. The quantitative estimate of drug-likeness (QED) is 0.663. The zero-order valence-corrected chi connectivity index (χ0v) is 15.3. The zero-order valence-electron chi connectivity index (χ0n) is 15.3. The highest BCUT2D eigenvalue weighted by Crippen LogP contribution is 2.28. The van der Waals surface area contributed by atoms with Gasteiger partial charge in [0.25, 0.3) is 5.91 Å². The van der Waals surface area contributed by atoms with Crippen LogP contribution in [0, 0.1) is 5.92 Å². The van der Waals surface area contributed by atoms with Crippen LogP contribution < -0.4 is 10.2 Å². The second-order valence-corrected chi connectivity index (χ2v) is 7.70. The van der Waals surface area contributed by atoms with Crippen LogP contribution in [0.25, 0.3) is 10.9 Å². The molecule has 7 aliphatic heterocycles. The first-order chi connectivity index (χ1) is 13.3. The second kappa shape index (κ2) is 6.69. The van der Waals surface area contributed by atoms with Crippen molar-refractivity contribution in [3.8, 4) is 0 Å². The number of carbonyl (C=O) groups is 1. The molecule has 3 aromatic rings. The molecule has 4 heteroatoms. The normalized spacial score (nSPS) is 17.6. The maximum Gasteiger partial charge on any atom is 0.253 e. The van der Waals surface area contributed by atoms with Crippen molar-refractivity contribution in [2.75, 3.05) is 18.0 Å². The van der Waals surface area contributed by atoms with Crippen molar-refractivity contribution in [3.05, 3.63) is 71.4 Å². The Balaban J connectivity index is 1.56. The fourth-order valence-corrected chi connectivity index (χ4v) is 4.33. The first-order valence-electron chi connectivity index (χ1n) is 9.76. The van der Waals surface area contributed by atoms with Crippen molar-refractivity contribution in [2.24, 2.45) is 5.92 Å². The van der Waals surface area contributed by atoms with Gasteiger partial charge in [-0.05, 0) is 54.5 Å². The zero-order chi connectivity index (χ0) is 18.2. The minimum absolute atomic E-state index is 0.0768. The summed E-state index contributed by atoms with van der Waals surface area (Å²) in [6.07, 6.45) is 5.18. The lowest BCUT2D eigenvalue weighted by Crippen LogP contribution is -2.34. The summed E-state index contributed by atoms with van der Waals surface area (Å²) in [5.74, 6) is 0.610. The minimum Gasteiger partial charge on any atom is -0.372 e. The number of pyridine rings is 1. The van der Waals surface area contributed by atoms with E-state index in [0.29, 0.717) is 18.0 Å². The molecule has 1 saturated heterocycles. The number of piperidine rings is 1. The Morgan fingerprint density at radius 1 is 1.04 bits per heavy atom. The van der Waals surface area contributed by atoms with Gasteiger partial charge in [0, 0.05) is 36.9 Å². The number of benzene rings is 2. The molecule has 10 rings (SSSR count). The van der Waals surface area contributed by atoms with Crippen LogP contribution in [0.15, 0.2) is 54.7 Å². The summed E-state index contributed by atoms with van der Waals surface area (Å²) in [5.41, 5.74) is 5.35. The van der Waals surface area contributed by atoms with Gasteiger partial charge in [0.2, 0.25) is 0 Å². The number of anilines is 1. The highest BCUT2D eigenvalue weighted by molar-refractivity contribution is 5.97. The van der Waals surface area contributed by atoms with E-state index >= 15 is 0 Å². The summed E-state index contributed by atoms with van der Waals surface area (Å²) in [4.78, 5) is 19.7. The molecular formula is C23H23N3O. The van der Waals surface area contributed by atoms with Crippen molar-refractivity contribution in [2.45, 2.75) is 25.8 Å². The van der Waals surface area contributed by atoms with E-state index in [4.69, 9.17) is 0 Å². The molecule has 0 atom stereocenters. The molecule has 7 aliphatic rings. The lowest BCUT2D eigenvalue weighted by atomic mass is 9.89. The van der Waals surface area contributed by atoms with Crippen LogP contribution in [0.2, 0.25) is 0 Å². The summed E-state index contributed by atoms with van der Waals surface area (Å²) in [5, 5.41) is 4.06. The molecule has 0 unspecified atom stereocenters. The number of hydrogen-bond donors (Lipinski definition) is 1. The van der Waals surface area contributed by atoms with E-state index in [-0.39, 0.29) is 5.91 Å². The van der Waals surface area contributed by atoms with Crippen molar-refractivity contribution in [3.63, 3.8) is 0 Å². The molecule has 8 bridgehead atoms. The third kappa shape index (κ3) is 3.16. The van der Waals surface area contributed by atoms with Gasteiger partial charge in [-0.1, -0.05) is 30.3 Å². The molecule has 27 heavy (non-hydrogen) atoms. The smallest absolute Gasteiger partial charge is 0.253 e. The van der Waals surface area contributed by atoms with Crippen molar-refractivity contribution in [1.29, 1.82) is 0 Å². The lowest BCUT2D eigenvalue weighted by Gasteiger charge is -2.34. The van der Waals surface area contributed by atoms with Gasteiger partial charge in [0.05, 0.1) is 11.1 Å². The van der Waals surface area contributed by atoms with E-state index in [0.717, 1.165) is 36.0 Å². The summed E-state index contributed by atoms with van der Waals surface area (Å²) >= 11 is 0. The first kappa shape index (κ1) is 16.3. The molecular weight excluding hydrogens is 334 g/mol. The molecule has 8 heterocycles. The van der Waals surface area contributed by atoms with Crippen LogP contribution in [0.4, 0.5) is 5.69 Å². The number of aromatic nitrogens is 1. The fraction of sp³-hybridized carbons (Fsp3) is 0.304. The van der Waals surface area contributed by atoms with Gasteiger partial charge in [-0.2, -0.15) is 0 Å². The van der Waals surface area contributed by atoms with E-state index in [1.807, 2.05) is 6.07 Å². The number of hydrogen-bond acceptors (Lipinski definition) is 3. The van der Waals surface area contributed by atoms with Crippen LogP contribution in [0.1, 0.15) is 34.3 Å². The molecule has 1 aromatic heterocycles. The van der Waals surface area contributed by atoms with Gasteiger partial charge < -0.3 is 10.2 Å². The molecule has 1 N–H and O–H groups in total. The number of amides is 1. The highest BCUT2D eigenvalue weighted by atomic mass is 16.1. The Kier molecular flexibility index (Phi) is 4.04. The van der Waals surface area contributed by atoms with E-state index < -0.39 is 0 Å². The largest absolute Gasteiger partial charge is 0.372 e. The molecule has 0 aliphatic carbocycles. The second-order valence-electron chi connectivity index (χ2n) is 7.70. The van der Waals surface area contributed by atoms with Gasteiger partial charge >= 0.3 is 0 Å². The molecule has 1 amide bonds. The average molecular weight is 357 g/mol. The predicted molar refractivity (Wildman–Crippen MR) is 108 cm³/mol. The SMILES string of the molecule is O=C1NCc2ccc(cc2)N2CCC(CC2)Cc2cccc3cc1cnc23. The van der Waals surface area contributed by atoms with Gasteiger partial charge in [-0.15, -0.1) is 0 Å². The monoisotopic (exact) mass is 357 g/mol. The molecule has 0 saturated carbocycles. The molecule has 0 spiro atoms. The third-order valence-electron chi connectivity index (χ3n) is 5.93. The average Bonchev–Trinajstić information content (AvgIpc) is 2.73. The maximum absolute atomic E-state index is 12.6. The van der Waals surface area contributed by atoms with E-state index in [1.54, 1.807) is 6.20 Å². The lowest BCUT2D eigenvalue weighted by molar-refractivity contribution is 0.0950. The first-order valence-corrected chi connectivity index (χ1v) is 9.76. The molecule has 0 radical (unpaired) electrons. The van der Waals surface area contributed by atoms with Crippen LogP contribution >= 0.6 is 0 Å². The molecule has 1 fully saturated rings.